The average Bonchev–Trinajstić information content (AvgIpc) is 3.01. The molecule has 0 spiro atoms. The van der Waals surface area contributed by atoms with E-state index in [1.54, 1.807) is 0 Å². The van der Waals surface area contributed by atoms with Gasteiger partial charge in [0.1, 0.15) is 0 Å². The summed E-state index contributed by atoms with van der Waals surface area (Å²) >= 11 is 0. The van der Waals surface area contributed by atoms with Crippen LogP contribution in [0.5, 0.6) is 0 Å². The predicted molar refractivity (Wildman–Crippen MR) is 80.7 cm³/mol. The maximum absolute atomic E-state index is 9.65. The fourth-order valence-corrected chi connectivity index (χ4v) is 2.80. The lowest BCUT2D eigenvalue weighted by Crippen LogP contribution is -2.31. The summed E-state index contributed by atoms with van der Waals surface area (Å²) in [5.41, 5.74) is 2.68. The van der Waals surface area contributed by atoms with Crippen LogP contribution >= 0.6 is 0 Å². The van der Waals surface area contributed by atoms with Crippen molar-refractivity contribution in [2.75, 3.05) is 6.61 Å². The van der Waals surface area contributed by atoms with E-state index < -0.39 is 5.79 Å². The monoisotopic (exact) mass is 284 g/mol. The van der Waals surface area contributed by atoms with E-state index in [1.807, 2.05) is 54.6 Å². The molecule has 1 saturated heterocycles. The zero-order chi connectivity index (χ0) is 14.7. The van der Waals surface area contributed by atoms with Gasteiger partial charge in [0.15, 0.2) is 0 Å². The minimum Gasteiger partial charge on any atom is -0.392 e. The molecule has 2 atom stereocenters. The maximum Gasteiger partial charge on any atom is 0.223 e. The van der Waals surface area contributed by atoms with Crippen molar-refractivity contribution in [1.82, 2.24) is 0 Å². The summed E-state index contributed by atoms with van der Waals surface area (Å²) < 4.78 is 12.4. The lowest BCUT2D eigenvalue weighted by atomic mass is 9.93. The van der Waals surface area contributed by atoms with Crippen molar-refractivity contribution in [1.29, 1.82) is 0 Å². The van der Waals surface area contributed by atoms with Gasteiger partial charge >= 0.3 is 0 Å². The zero-order valence-electron chi connectivity index (χ0n) is 12.2. The van der Waals surface area contributed by atoms with Gasteiger partial charge in [-0.05, 0) is 12.0 Å². The predicted octanol–water partition coefficient (Wildman–Crippen LogP) is 3.21. The Labute approximate surface area is 125 Å². The molecule has 0 aliphatic carbocycles. The number of aliphatic hydroxyl groups is 1. The van der Waals surface area contributed by atoms with Crippen LogP contribution in [0, 0.1) is 0 Å². The minimum atomic E-state index is -0.915. The summed E-state index contributed by atoms with van der Waals surface area (Å²) in [5.74, 6) is -0.915. The summed E-state index contributed by atoms with van der Waals surface area (Å²) in [7, 11) is 0. The van der Waals surface area contributed by atoms with E-state index in [2.05, 4.69) is 6.92 Å². The van der Waals surface area contributed by atoms with Gasteiger partial charge in [0.2, 0.25) is 5.79 Å². The van der Waals surface area contributed by atoms with Gasteiger partial charge in [-0.1, -0.05) is 61.5 Å². The fourth-order valence-electron chi connectivity index (χ4n) is 2.80. The topological polar surface area (TPSA) is 38.7 Å². The lowest BCUT2D eigenvalue weighted by Gasteiger charge is -2.30. The molecular formula is C18H20O3. The number of benzene rings is 2. The van der Waals surface area contributed by atoms with E-state index in [-0.39, 0.29) is 12.7 Å². The van der Waals surface area contributed by atoms with Crippen LogP contribution in [0.2, 0.25) is 0 Å². The molecule has 110 valence electrons. The number of ether oxygens (including phenoxy) is 2. The molecule has 3 heteroatoms. The van der Waals surface area contributed by atoms with Gasteiger partial charge in [-0.2, -0.15) is 0 Å². The fraction of sp³-hybridized carbons (Fsp3) is 0.333. The Morgan fingerprint density at radius 3 is 2.48 bits per heavy atom. The van der Waals surface area contributed by atoms with Crippen molar-refractivity contribution in [2.45, 2.75) is 31.8 Å². The van der Waals surface area contributed by atoms with Crippen molar-refractivity contribution in [3.8, 4) is 0 Å². The van der Waals surface area contributed by atoms with Crippen LogP contribution < -0.4 is 0 Å². The third-order valence-electron chi connectivity index (χ3n) is 3.96. The summed E-state index contributed by atoms with van der Waals surface area (Å²) in [6.45, 7) is 2.62. The van der Waals surface area contributed by atoms with Crippen molar-refractivity contribution in [3.05, 3.63) is 71.3 Å². The largest absolute Gasteiger partial charge is 0.392 e. The molecule has 2 aromatic carbocycles. The van der Waals surface area contributed by atoms with E-state index in [9.17, 15) is 5.11 Å². The minimum absolute atomic E-state index is 0.0335. The van der Waals surface area contributed by atoms with Gasteiger partial charge < -0.3 is 14.6 Å². The molecule has 1 N–H and O–H groups in total. The number of aliphatic hydroxyl groups excluding tert-OH is 1. The Balaban J connectivity index is 2.14. The Bertz CT molecular complexity index is 596. The molecule has 0 bridgehead atoms. The van der Waals surface area contributed by atoms with Crippen LogP contribution in [0.15, 0.2) is 54.6 Å². The van der Waals surface area contributed by atoms with Gasteiger partial charge in [-0.25, -0.2) is 0 Å². The first-order valence-electron chi connectivity index (χ1n) is 7.36. The Morgan fingerprint density at radius 1 is 1.10 bits per heavy atom. The quantitative estimate of drug-likeness (QED) is 0.937. The molecule has 1 aliphatic rings. The van der Waals surface area contributed by atoms with Crippen molar-refractivity contribution < 1.29 is 14.6 Å². The highest BCUT2D eigenvalue weighted by Crippen LogP contribution is 2.42. The number of hydrogen-bond acceptors (Lipinski definition) is 3. The molecule has 0 amide bonds. The van der Waals surface area contributed by atoms with E-state index in [1.165, 1.54) is 0 Å². The van der Waals surface area contributed by atoms with Gasteiger partial charge in [0.25, 0.3) is 0 Å². The van der Waals surface area contributed by atoms with E-state index in [0.717, 1.165) is 23.1 Å². The normalized spacial score (nSPS) is 25.1. The summed E-state index contributed by atoms with van der Waals surface area (Å²) in [5, 5.41) is 9.65. The smallest absolute Gasteiger partial charge is 0.223 e. The van der Waals surface area contributed by atoms with Gasteiger partial charge in [0.05, 0.1) is 19.3 Å². The second-order valence-corrected chi connectivity index (χ2v) is 5.26. The molecular weight excluding hydrogens is 264 g/mol. The highest BCUT2D eigenvalue weighted by molar-refractivity contribution is 5.39. The molecule has 3 nitrogen and oxygen atoms in total. The van der Waals surface area contributed by atoms with E-state index in [4.69, 9.17) is 9.47 Å². The zero-order valence-corrected chi connectivity index (χ0v) is 12.2. The van der Waals surface area contributed by atoms with Gasteiger partial charge in [-0.3, -0.25) is 0 Å². The molecule has 1 aliphatic heterocycles. The van der Waals surface area contributed by atoms with Crippen LogP contribution in [0.1, 0.15) is 30.0 Å². The molecule has 1 fully saturated rings. The third kappa shape index (κ3) is 2.48. The number of hydrogen-bond donors (Lipinski definition) is 1. The summed E-state index contributed by atoms with van der Waals surface area (Å²) in [4.78, 5) is 0. The maximum atomic E-state index is 9.65. The van der Waals surface area contributed by atoms with Crippen molar-refractivity contribution >= 4 is 0 Å². The lowest BCUT2D eigenvalue weighted by molar-refractivity contribution is -0.143. The van der Waals surface area contributed by atoms with Crippen molar-refractivity contribution in [2.24, 2.45) is 0 Å². The Kier molecular flexibility index (Phi) is 4.06. The standard InChI is InChI=1S/C18H20O3/c1-2-16-13-20-18(21-16,15-9-4-3-5-10-15)17-11-7-6-8-14(17)12-19/h3-11,16,19H,2,12-13H2,1H3. The first-order valence-corrected chi connectivity index (χ1v) is 7.36. The first kappa shape index (κ1) is 14.3. The van der Waals surface area contributed by atoms with Gasteiger partial charge in [0, 0.05) is 11.1 Å². The Hall–Kier alpha value is -1.68. The van der Waals surface area contributed by atoms with Crippen LogP contribution in [0.4, 0.5) is 0 Å². The highest BCUT2D eigenvalue weighted by atomic mass is 16.7. The van der Waals surface area contributed by atoms with Crippen LogP contribution in [0.3, 0.4) is 0 Å². The molecule has 0 aromatic heterocycles. The summed E-state index contributed by atoms with van der Waals surface area (Å²) in [6.07, 6.45) is 0.965. The van der Waals surface area contributed by atoms with Crippen LogP contribution in [-0.2, 0) is 21.9 Å². The third-order valence-corrected chi connectivity index (χ3v) is 3.96. The highest BCUT2D eigenvalue weighted by Gasteiger charge is 2.45. The van der Waals surface area contributed by atoms with Crippen molar-refractivity contribution in [3.63, 3.8) is 0 Å². The second kappa shape index (κ2) is 5.98. The first-order chi connectivity index (χ1) is 10.3. The van der Waals surface area contributed by atoms with Crippen LogP contribution in [-0.4, -0.2) is 17.8 Å². The molecule has 0 radical (unpaired) electrons. The molecule has 2 unspecified atom stereocenters. The number of rotatable bonds is 4. The SMILES string of the molecule is CCC1COC(c2ccccc2)(c2ccccc2CO)O1. The molecule has 0 saturated carbocycles. The van der Waals surface area contributed by atoms with Crippen LogP contribution in [0.25, 0.3) is 0 Å². The van der Waals surface area contributed by atoms with E-state index >= 15 is 0 Å². The van der Waals surface area contributed by atoms with E-state index in [0.29, 0.717) is 6.61 Å². The molecule has 2 aromatic rings. The summed E-state index contributed by atoms with van der Waals surface area (Å²) in [6, 6.07) is 17.7. The Morgan fingerprint density at radius 2 is 1.81 bits per heavy atom. The molecule has 1 heterocycles. The average molecular weight is 284 g/mol. The molecule has 3 rings (SSSR count). The van der Waals surface area contributed by atoms with Gasteiger partial charge in [-0.15, -0.1) is 0 Å². The second-order valence-electron chi connectivity index (χ2n) is 5.26. The molecule has 21 heavy (non-hydrogen) atoms.